The quantitative estimate of drug-likeness (QED) is 0.648. The van der Waals surface area contributed by atoms with Crippen LogP contribution in [0.3, 0.4) is 0 Å². The van der Waals surface area contributed by atoms with Crippen molar-refractivity contribution in [2.24, 2.45) is 0 Å². The number of ether oxygens (including phenoxy) is 1. The summed E-state index contributed by atoms with van der Waals surface area (Å²) in [5.41, 5.74) is 2.25. The second kappa shape index (κ2) is 4.37. The first-order chi connectivity index (χ1) is 5.75. The molecule has 1 heterocycles. The maximum Gasteiger partial charge on any atom is 0.284 e. The highest BCUT2D eigenvalue weighted by atomic mass is 32.2. The summed E-state index contributed by atoms with van der Waals surface area (Å²) < 4.78 is 5.20. The fourth-order valence-corrected chi connectivity index (χ4v) is 1.68. The Morgan fingerprint density at radius 3 is 3.08 bits per heavy atom. The van der Waals surface area contributed by atoms with Crippen LogP contribution in [-0.4, -0.2) is 25.4 Å². The summed E-state index contributed by atoms with van der Waals surface area (Å²) in [6, 6.07) is 0. The molecule has 0 spiro atoms. The Morgan fingerprint density at radius 2 is 2.50 bits per heavy atom. The van der Waals surface area contributed by atoms with Crippen molar-refractivity contribution in [3.8, 4) is 0 Å². The first-order valence-electron chi connectivity index (χ1n) is 3.55. The molecule has 1 aliphatic heterocycles. The van der Waals surface area contributed by atoms with Gasteiger partial charge in [-0.15, -0.1) is 11.8 Å². The van der Waals surface area contributed by atoms with Crippen LogP contribution in [-0.2, 0) is 14.4 Å². The van der Waals surface area contributed by atoms with Gasteiger partial charge in [-0.3, -0.25) is 9.63 Å². The number of amides is 1. The Bertz CT molecular complexity index is 215. The van der Waals surface area contributed by atoms with Crippen LogP contribution in [0.2, 0.25) is 0 Å². The third kappa shape index (κ3) is 2.15. The zero-order valence-electron chi connectivity index (χ0n) is 7.05. The Kier molecular flexibility index (Phi) is 3.43. The van der Waals surface area contributed by atoms with Crippen molar-refractivity contribution >= 4 is 17.7 Å². The van der Waals surface area contributed by atoms with Gasteiger partial charge in [0.25, 0.3) is 5.91 Å². The standard InChI is InChI=1S/C7H11NO3S/c1-5-6(7(9)8-10-2)12-4-3-11-5/h3-4H2,1-2H3,(H,8,9). The van der Waals surface area contributed by atoms with E-state index < -0.39 is 0 Å². The molecule has 0 radical (unpaired) electrons. The smallest absolute Gasteiger partial charge is 0.284 e. The van der Waals surface area contributed by atoms with Crippen LogP contribution in [0.25, 0.3) is 0 Å². The summed E-state index contributed by atoms with van der Waals surface area (Å²) >= 11 is 1.48. The van der Waals surface area contributed by atoms with Gasteiger partial charge < -0.3 is 4.74 Å². The van der Waals surface area contributed by atoms with Gasteiger partial charge in [-0.25, -0.2) is 5.48 Å². The predicted molar refractivity (Wildman–Crippen MR) is 46.3 cm³/mol. The summed E-state index contributed by atoms with van der Waals surface area (Å²) in [7, 11) is 1.40. The van der Waals surface area contributed by atoms with Crippen LogP contribution in [0, 0.1) is 0 Å². The van der Waals surface area contributed by atoms with Crippen LogP contribution < -0.4 is 5.48 Å². The molecule has 0 saturated carbocycles. The molecule has 12 heavy (non-hydrogen) atoms. The van der Waals surface area contributed by atoms with E-state index in [1.165, 1.54) is 18.9 Å². The molecule has 1 aliphatic rings. The van der Waals surface area contributed by atoms with Crippen molar-refractivity contribution in [2.45, 2.75) is 6.92 Å². The number of hydroxylamine groups is 1. The van der Waals surface area contributed by atoms with E-state index in [-0.39, 0.29) is 5.91 Å². The summed E-state index contributed by atoms with van der Waals surface area (Å²) in [5, 5.41) is 0. The molecule has 0 aromatic heterocycles. The third-order valence-electron chi connectivity index (χ3n) is 1.37. The van der Waals surface area contributed by atoms with Crippen LogP contribution >= 0.6 is 11.8 Å². The van der Waals surface area contributed by atoms with Crippen molar-refractivity contribution in [2.75, 3.05) is 19.5 Å². The zero-order chi connectivity index (χ0) is 8.97. The lowest BCUT2D eigenvalue weighted by molar-refractivity contribution is -0.126. The van der Waals surface area contributed by atoms with Crippen molar-refractivity contribution in [3.63, 3.8) is 0 Å². The van der Waals surface area contributed by atoms with Gasteiger partial charge >= 0.3 is 0 Å². The Hall–Kier alpha value is -0.680. The van der Waals surface area contributed by atoms with Gasteiger partial charge in [0, 0.05) is 5.75 Å². The molecule has 0 fully saturated rings. The minimum Gasteiger partial charge on any atom is -0.496 e. The molecule has 0 aliphatic carbocycles. The van der Waals surface area contributed by atoms with E-state index in [0.29, 0.717) is 17.3 Å². The maximum absolute atomic E-state index is 11.2. The van der Waals surface area contributed by atoms with Crippen LogP contribution in [0.4, 0.5) is 0 Å². The number of carbonyl (C=O) groups excluding carboxylic acids is 1. The van der Waals surface area contributed by atoms with E-state index >= 15 is 0 Å². The van der Waals surface area contributed by atoms with Gasteiger partial charge in [0.15, 0.2) is 0 Å². The van der Waals surface area contributed by atoms with E-state index in [2.05, 4.69) is 10.3 Å². The van der Waals surface area contributed by atoms with Gasteiger partial charge in [-0.05, 0) is 6.92 Å². The summed E-state index contributed by atoms with van der Waals surface area (Å²) in [5.74, 6) is 1.24. The molecule has 4 nitrogen and oxygen atoms in total. The average molecular weight is 189 g/mol. The Morgan fingerprint density at radius 1 is 1.75 bits per heavy atom. The van der Waals surface area contributed by atoms with Gasteiger partial charge in [-0.1, -0.05) is 0 Å². The Labute approximate surface area is 75.2 Å². The highest BCUT2D eigenvalue weighted by Crippen LogP contribution is 2.24. The van der Waals surface area contributed by atoms with E-state index in [0.717, 1.165) is 5.75 Å². The second-order valence-corrected chi connectivity index (χ2v) is 3.32. The van der Waals surface area contributed by atoms with Gasteiger partial charge in [0.2, 0.25) is 0 Å². The normalized spacial score (nSPS) is 17.2. The lowest BCUT2D eigenvalue weighted by Crippen LogP contribution is -2.25. The van der Waals surface area contributed by atoms with Crippen molar-refractivity contribution in [1.29, 1.82) is 0 Å². The van der Waals surface area contributed by atoms with E-state index in [1.807, 2.05) is 0 Å². The monoisotopic (exact) mass is 189 g/mol. The second-order valence-electron chi connectivity index (χ2n) is 2.22. The molecule has 0 aromatic carbocycles. The summed E-state index contributed by atoms with van der Waals surface area (Å²) in [6.07, 6.45) is 0. The number of allylic oxidation sites excluding steroid dienone is 1. The molecular weight excluding hydrogens is 178 g/mol. The molecule has 1 rings (SSSR count). The molecule has 0 atom stereocenters. The number of nitrogens with one attached hydrogen (secondary N) is 1. The van der Waals surface area contributed by atoms with Crippen LogP contribution in [0.1, 0.15) is 6.92 Å². The number of hydrogen-bond acceptors (Lipinski definition) is 4. The van der Waals surface area contributed by atoms with E-state index in [4.69, 9.17) is 4.74 Å². The SMILES string of the molecule is CONC(=O)C1=C(C)OCCS1. The van der Waals surface area contributed by atoms with Gasteiger partial charge in [0.05, 0.1) is 13.7 Å². The minimum absolute atomic E-state index is 0.236. The molecule has 68 valence electrons. The fourth-order valence-electron chi connectivity index (χ4n) is 0.870. The molecule has 0 aromatic rings. The minimum atomic E-state index is -0.236. The molecular formula is C7H11NO3S. The average Bonchev–Trinajstić information content (AvgIpc) is 2.05. The first kappa shape index (κ1) is 9.41. The lowest BCUT2D eigenvalue weighted by Gasteiger charge is -2.16. The van der Waals surface area contributed by atoms with Crippen molar-refractivity contribution in [3.05, 3.63) is 10.7 Å². The largest absolute Gasteiger partial charge is 0.496 e. The Balaban J connectivity index is 2.64. The molecule has 5 heteroatoms. The maximum atomic E-state index is 11.2. The number of rotatable bonds is 2. The van der Waals surface area contributed by atoms with E-state index in [9.17, 15) is 4.79 Å². The summed E-state index contributed by atoms with van der Waals surface area (Å²) in [6.45, 7) is 2.44. The van der Waals surface area contributed by atoms with Gasteiger partial charge in [-0.2, -0.15) is 0 Å². The number of hydrogen-bond donors (Lipinski definition) is 1. The number of carbonyl (C=O) groups is 1. The first-order valence-corrected chi connectivity index (χ1v) is 4.54. The zero-order valence-corrected chi connectivity index (χ0v) is 7.86. The topological polar surface area (TPSA) is 47.6 Å². The van der Waals surface area contributed by atoms with Crippen LogP contribution in [0.5, 0.6) is 0 Å². The van der Waals surface area contributed by atoms with Crippen LogP contribution in [0.15, 0.2) is 10.7 Å². The summed E-state index contributed by atoms with van der Waals surface area (Å²) in [4.78, 5) is 16.3. The molecule has 1 N–H and O–H groups in total. The molecule has 0 unspecified atom stereocenters. The predicted octanol–water partition coefficient (Wildman–Crippen LogP) is 0.659. The van der Waals surface area contributed by atoms with Gasteiger partial charge in [0.1, 0.15) is 10.7 Å². The molecule has 0 saturated heterocycles. The van der Waals surface area contributed by atoms with Crippen molar-refractivity contribution in [1.82, 2.24) is 5.48 Å². The molecule has 1 amide bonds. The van der Waals surface area contributed by atoms with Crippen molar-refractivity contribution < 1.29 is 14.4 Å². The number of thioether (sulfide) groups is 1. The van der Waals surface area contributed by atoms with E-state index in [1.54, 1.807) is 6.92 Å². The highest BCUT2D eigenvalue weighted by molar-refractivity contribution is 8.04. The molecule has 0 bridgehead atoms. The highest BCUT2D eigenvalue weighted by Gasteiger charge is 2.18. The fraction of sp³-hybridized carbons (Fsp3) is 0.571. The third-order valence-corrected chi connectivity index (χ3v) is 2.50. The lowest BCUT2D eigenvalue weighted by atomic mass is 10.4.